The fraction of sp³-hybridized carbons (Fsp3) is 0.757. The SMILES string of the molecule is CCC(C)C(=O)N1CCC(CC(=O)N2CCCN(Cc3ccc(NC(=O)NC45CC6C[C@@](C)(C4)C[C@](C)(C6)C5)c(F)c3)CC2)CC1. The number of carbonyl (C=O) groups excluding carboxylic acids is 3. The molecule has 3 unspecified atom stereocenters. The van der Waals surface area contributed by atoms with Crippen molar-refractivity contribution in [1.82, 2.24) is 20.0 Å². The number of nitrogens with zero attached hydrogens (tertiary/aromatic N) is 3. The van der Waals surface area contributed by atoms with Crippen LogP contribution < -0.4 is 10.6 Å². The Bertz CT molecular complexity index is 1290. The molecule has 1 aromatic carbocycles. The summed E-state index contributed by atoms with van der Waals surface area (Å²) in [5, 5.41) is 6.13. The van der Waals surface area contributed by atoms with Crippen LogP contribution in [-0.4, -0.2) is 77.4 Å². The van der Waals surface area contributed by atoms with Crippen LogP contribution in [0.3, 0.4) is 0 Å². The first-order valence-electron chi connectivity index (χ1n) is 18.0. The summed E-state index contributed by atoms with van der Waals surface area (Å²) in [4.78, 5) is 45.1. The topological polar surface area (TPSA) is 85.0 Å². The number of amides is 4. The van der Waals surface area contributed by atoms with E-state index in [1.165, 1.54) is 25.3 Å². The van der Waals surface area contributed by atoms with E-state index in [4.69, 9.17) is 0 Å². The fourth-order valence-corrected chi connectivity index (χ4v) is 10.6. The Morgan fingerprint density at radius 3 is 2.30 bits per heavy atom. The van der Waals surface area contributed by atoms with Crippen molar-refractivity contribution in [1.29, 1.82) is 0 Å². The molecule has 1 aromatic rings. The number of nitrogens with one attached hydrogen (secondary N) is 2. The smallest absolute Gasteiger partial charge is 0.319 e. The third-order valence-electron chi connectivity index (χ3n) is 12.1. The molecule has 4 saturated carbocycles. The lowest BCUT2D eigenvalue weighted by atomic mass is 9.43. The van der Waals surface area contributed by atoms with Gasteiger partial charge in [-0.25, -0.2) is 9.18 Å². The molecule has 46 heavy (non-hydrogen) atoms. The van der Waals surface area contributed by atoms with Crippen LogP contribution in [0.5, 0.6) is 0 Å². The molecule has 254 valence electrons. The molecule has 4 amide bonds. The molecule has 5 atom stereocenters. The van der Waals surface area contributed by atoms with Crippen LogP contribution in [0.1, 0.15) is 104 Å². The van der Waals surface area contributed by atoms with Gasteiger partial charge in [0, 0.05) is 63.7 Å². The van der Waals surface area contributed by atoms with Crippen molar-refractivity contribution < 1.29 is 18.8 Å². The molecule has 0 aromatic heterocycles. The van der Waals surface area contributed by atoms with E-state index in [0.29, 0.717) is 42.2 Å². The van der Waals surface area contributed by atoms with Gasteiger partial charge in [-0.15, -0.1) is 0 Å². The third kappa shape index (κ3) is 7.39. The third-order valence-corrected chi connectivity index (χ3v) is 12.1. The highest BCUT2D eigenvalue weighted by Crippen LogP contribution is 2.66. The van der Waals surface area contributed by atoms with Crippen LogP contribution >= 0.6 is 0 Å². The summed E-state index contributed by atoms with van der Waals surface area (Å²) in [6, 6.07) is 4.82. The Morgan fingerprint density at radius 1 is 0.935 bits per heavy atom. The highest BCUT2D eigenvalue weighted by atomic mass is 19.1. The molecule has 2 aliphatic heterocycles. The molecule has 4 aliphatic carbocycles. The van der Waals surface area contributed by atoms with Crippen molar-refractivity contribution in [3.8, 4) is 0 Å². The first-order valence-corrected chi connectivity index (χ1v) is 18.0. The second-order valence-electron chi connectivity index (χ2n) is 16.6. The first-order chi connectivity index (χ1) is 21.9. The second kappa shape index (κ2) is 13.1. The molecule has 6 fully saturated rings. The van der Waals surface area contributed by atoms with Crippen molar-refractivity contribution in [2.24, 2.45) is 28.6 Å². The predicted molar refractivity (Wildman–Crippen MR) is 179 cm³/mol. The van der Waals surface area contributed by atoms with Gasteiger partial charge in [0.25, 0.3) is 0 Å². The van der Waals surface area contributed by atoms with E-state index in [0.717, 1.165) is 83.2 Å². The van der Waals surface area contributed by atoms with Gasteiger partial charge < -0.3 is 20.4 Å². The van der Waals surface area contributed by atoms with Gasteiger partial charge in [-0.3, -0.25) is 14.5 Å². The molecule has 2 saturated heterocycles. The molecule has 7 rings (SSSR count). The van der Waals surface area contributed by atoms with Crippen molar-refractivity contribution in [3.63, 3.8) is 0 Å². The minimum atomic E-state index is -0.416. The molecule has 4 bridgehead atoms. The van der Waals surface area contributed by atoms with Crippen LogP contribution in [-0.2, 0) is 16.1 Å². The standard InChI is InChI=1S/C37H56FN5O3/c1-5-26(2)33(45)43-13-9-27(10-14-43)18-32(44)42-12-6-11-41(15-16-42)22-28-7-8-31(30(38)17-28)39-34(46)40-37-21-29-19-35(3,24-37)23-36(4,20-29)25-37/h7-8,17,26-27,29H,5-6,9-16,18-25H2,1-4H3,(H2,39,40,46)/t26?,29?,35-,36+,37?. The second-order valence-corrected chi connectivity index (χ2v) is 16.6. The minimum absolute atomic E-state index is 0.0690. The first kappa shape index (κ1) is 33.2. The van der Waals surface area contributed by atoms with E-state index in [9.17, 15) is 14.4 Å². The van der Waals surface area contributed by atoms with Gasteiger partial charge in [0.2, 0.25) is 11.8 Å². The number of rotatable bonds is 8. The highest BCUT2D eigenvalue weighted by Gasteiger charge is 2.60. The predicted octanol–water partition coefficient (Wildman–Crippen LogP) is 6.41. The molecule has 9 heteroatoms. The lowest BCUT2D eigenvalue weighted by molar-refractivity contribution is -0.137. The molecule has 2 N–H and O–H groups in total. The van der Waals surface area contributed by atoms with Crippen LogP contribution in [0.2, 0.25) is 0 Å². The lowest BCUT2D eigenvalue weighted by Crippen LogP contribution is -2.65. The Kier molecular flexibility index (Phi) is 9.45. The van der Waals surface area contributed by atoms with E-state index < -0.39 is 5.82 Å². The monoisotopic (exact) mass is 637 g/mol. The summed E-state index contributed by atoms with van der Waals surface area (Å²) in [6.45, 7) is 13.9. The average molecular weight is 638 g/mol. The summed E-state index contributed by atoms with van der Waals surface area (Å²) in [5.41, 5.74) is 1.48. The summed E-state index contributed by atoms with van der Waals surface area (Å²) >= 11 is 0. The molecule has 0 spiro atoms. The number of halogens is 1. The zero-order valence-corrected chi connectivity index (χ0v) is 28.6. The highest BCUT2D eigenvalue weighted by molar-refractivity contribution is 5.90. The maximum atomic E-state index is 15.2. The number of hydrogen-bond donors (Lipinski definition) is 2. The Hall–Kier alpha value is -2.68. The number of likely N-dealkylation sites (tertiary alicyclic amines) is 1. The molecule has 2 heterocycles. The van der Waals surface area contributed by atoms with Gasteiger partial charge in [0.05, 0.1) is 5.69 Å². The number of urea groups is 1. The largest absolute Gasteiger partial charge is 0.342 e. The van der Waals surface area contributed by atoms with Crippen LogP contribution in [0.15, 0.2) is 18.2 Å². The summed E-state index contributed by atoms with van der Waals surface area (Å²) in [6.07, 6.45) is 10.9. The van der Waals surface area contributed by atoms with E-state index >= 15 is 4.39 Å². The molecule has 6 aliphatic rings. The zero-order valence-electron chi connectivity index (χ0n) is 28.6. The quantitative estimate of drug-likeness (QED) is 0.345. The molecular weight excluding hydrogens is 581 g/mol. The maximum absolute atomic E-state index is 15.2. The number of hydrogen-bond acceptors (Lipinski definition) is 4. The minimum Gasteiger partial charge on any atom is -0.342 e. The van der Waals surface area contributed by atoms with Crippen molar-refractivity contribution in [3.05, 3.63) is 29.6 Å². The Morgan fingerprint density at radius 2 is 1.65 bits per heavy atom. The van der Waals surface area contributed by atoms with Gasteiger partial charge in [-0.1, -0.05) is 33.8 Å². The maximum Gasteiger partial charge on any atom is 0.319 e. The average Bonchev–Trinajstić information content (AvgIpc) is 3.21. The van der Waals surface area contributed by atoms with E-state index in [1.54, 1.807) is 6.07 Å². The molecule has 0 radical (unpaired) electrons. The van der Waals surface area contributed by atoms with E-state index in [-0.39, 0.29) is 35.0 Å². The number of benzene rings is 1. The number of carbonyl (C=O) groups is 3. The van der Waals surface area contributed by atoms with Crippen molar-refractivity contribution in [2.75, 3.05) is 44.6 Å². The summed E-state index contributed by atoms with van der Waals surface area (Å²) in [5.74, 6) is 1.12. The zero-order chi connectivity index (χ0) is 32.7. The molecular formula is C37H56FN5O3. The summed E-state index contributed by atoms with van der Waals surface area (Å²) < 4.78 is 15.2. The number of anilines is 1. The summed E-state index contributed by atoms with van der Waals surface area (Å²) in [7, 11) is 0. The van der Waals surface area contributed by atoms with Gasteiger partial charge in [-0.2, -0.15) is 0 Å². The van der Waals surface area contributed by atoms with Crippen LogP contribution in [0, 0.1) is 34.4 Å². The van der Waals surface area contributed by atoms with E-state index in [2.05, 4.69) is 29.4 Å². The van der Waals surface area contributed by atoms with Crippen LogP contribution in [0.4, 0.5) is 14.9 Å². The normalized spacial score (nSPS) is 32.2. The Labute approximate surface area is 275 Å². The van der Waals surface area contributed by atoms with Gasteiger partial charge in [0.15, 0.2) is 0 Å². The van der Waals surface area contributed by atoms with Crippen molar-refractivity contribution in [2.45, 2.75) is 110 Å². The van der Waals surface area contributed by atoms with E-state index in [1.807, 2.05) is 29.7 Å². The Balaban J connectivity index is 0.957. The van der Waals surface area contributed by atoms with Crippen molar-refractivity contribution >= 4 is 23.5 Å². The fourth-order valence-electron chi connectivity index (χ4n) is 10.6. The molecule has 8 nitrogen and oxygen atoms in total. The number of piperidine rings is 1. The lowest BCUT2D eigenvalue weighted by Gasteiger charge is -2.65. The van der Waals surface area contributed by atoms with Gasteiger partial charge >= 0.3 is 6.03 Å². The van der Waals surface area contributed by atoms with Gasteiger partial charge in [0.1, 0.15) is 5.82 Å². The van der Waals surface area contributed by atoms with Crippen LogP contribution in [0.25, 0.3) is 0 Å². The van der Waals surface area contributed by atoms with Gasteiger partial charge in [-0.05, 0) is 105 Å².